The van der Waals surface area contributed by atoms with Gasteiger partial charge in [-0.1, -0.05) is 6.42 Å². The van der Waals surface area contributed by atoms with Gasteiger partial charge in [0.2, 0.25) is 0 Å². The van der Waals surface area contributed by atoms with Crippen LogP contribution in [-0.2, 0) is 13.1 Å². The summed E-state index contributed by atoms with van der Waals surface area (Å²) < 4.78 is 2.05. The van der Waals surface area contributed by atoms with E-state index in [1.807, 2.05) is 0 Å². The van der Waals surface area contributed by atoms with Crippen LogP contribution in [0.5, 0.6) is 0 Å². The van der Waals surface area contributed by atoms with Crippen LogP contribution in [0.3, 0.4) is 0 Å². The molecule has 0 spiro atoms. The van der Waals surface area contributed by atoms with Gasteiger partial charge < -0.3 is 10.4 Å². The van der Waals surface area contributed by atoms with Crippen molar-refractivity contribution in [1.29, 1.82) is 0 Å². The van der Waals surface area contributed by atoms with Gasteiger partial charge in [0.05, 0.1) is 11.8 Å². The molecule has 0 aromatic carbocycles. The fraction of sp³-hybridized carbons (Fsp3) is 0.786. The summed E-state index contributed by atoms with van der Waals surface area (Å²) in [5.41, 5.74) is 3.69. The van der Waals surface area contributed by atoms with Crippen LogP contribution in [0.1, 0.15) is 43.1 Å². The predicted molar refractivity (Wildman–Crippen MR) is 72.4 cm³/mol. The van der Waals surface area contributed by atoms with Gasteiger partial charge in [-0.3, -0.25) is 4.68 Å². The Labute approximate surface area is 109 Å². The summed E-state index contributed by atoms with van der Waals surface area (Å²) in [6.07, 6.45) is 3.19. The van der Waals surface area contributed by atoms with Crippen molar-refractivity contribution in [2.45, 2.75) is 59.2 Å². The first-order valence-corrected chi connectivity index (χ1v) is 7.05. The van der Waals surface area contributed by atoms with E-state index in [4.69, 9.17) is 0 Å². The fourth-order valence-electron chi connectivity index (χ4n) is 2.94. The van der Waals surface area contributed by atoms with E-state index in [-0.39, 0.29) is 6.10 Å². The van der Waals surface area contributed by atoms with Crippen LogP contribution in [0.15, 0.2) is 0 Å². The summed E-state index contributed by atoms with van der Waals surface area (Å²) in [6, 6.07) is 0. The van der Waals surface area contributed by atoms with Crippen molar-refractivity contribution in [3.8, 4) is 0 Å². The first-order chi connectivity index (χ1) is 8.63. The number of aryl methyl sites for hydroxylation is 2. The number of hydrogen-bond acceptors (Lipinski definition) is 3. The van der Waals surface area contributed by atoms with E-state index < -0.39 is 0 Å². The third kappa shape index (κ3) is 2.75. The zero-order valence-electron chi connectivity index (χ0n) is 11.7. The molecular weight excluding hydrogens is 226 g/mol. The molecule has 0 aliphatic heterocycles. The molecule has 1 aliphatic carbocycles. The molecule has 1 saturated carbocycles. The topological polar surface area (TPSA) is 50.1 Å². The number of nitrogens with one attached hydrogen (secondary N) is 1. The van der Waals surface area contributed by atoms with Crippen LogP contribution in [0.25, 0.3) is 0 Å². The number of hydrogen-bond donors (Lipinski definition) is 2. The lowest BCUT2D eigenvalue weighted by Gasteiger charge is -2.15. The zero-order chi connectivity index (χ0) is 13.1. The Morgan fingerprint density at radius 1 is 1.39 bits per heavy atom. The lowest BCUT2D eigenvalue weighted by Crippen LogP contribution is -2.27. The lowest BCUT2D eigenvalue weighted by molar-refractivity contribution is 0.131. The molecule has 1 aromatic rings. The molecule has 0 bridgehead atoms. The average molecular weight is 251 g/mol. The Morgan fingerprint density at radius 2 is 2.17 bits per heavy atom. The Morgan fingerprint density at radius 3 is 2.72 bits per heavy atom. The first-order valence-electron chi connectivity index (χ1n) is 7.05. The molecule has 4 nitrogen and oxygen atoms in total. The van der Waals surface area contributed by atoms with Crippen LogP contribution in [-0.4, -0.2) is 27.5 Å². The maximum absolute atomic E-state index is 9.78. The van der Waals surface area contributed by atoms with Gasteiger partial charge in [-0.2, -0.15) is 5.10 Å². The summed E-state index contributed by atoms with van der Waals surface area (Å²) in [6.45, 7) is 9.02. The zero-order valence-corrected chi connectivity index (χ0v) is 11.7. The van der Waals surface area contributed by atoms with Crippen LogP contribution in [0.2, 0.25) is 0 Å². The van der Waals surface area contributed by atoms with Gasteiger partial charge in [-0.25, -0.2) is 0 Å². The van der Waals surface area contributed by atoms with Crippen LogP contribution >= 0.6 is 0 Å². The van der Waals surface area contributed by atoms with Crippen molar-refractivity contribution in [2.75, 3.05) is 6.54 Å². The third-order valence-electron chi connectivity index (χ3n) is 4.16. The largest absolute Gasteiger partial charge is 0.393 e. The highest BCUT2D eigenvalue weighted by molar-refractivity contribution is 5.24. The first kappa shape index (κ1) is 13.6. The second kappa shape index (κ2) is 5.85. The third-order valence-corrected chi connectivity index (χ3v) is 4.16. The predicted octanol–water partition coefficient (Wildman–Crippen LogP) is 1.77. The SMILES string of the molecule is CCn1nc(C)c(CNCC2CCCC2O)c1C. The minimum atomic E-state index is -0.0990. The summed E-state index contributed by atoms with van der Waals surface area (Å²) >= 11 is 0. The van der Waals surface area contributed by atoms with Gasteiger partial charge in [0.25, 0.3) is 0 Å². The summed E-state index contributed by atoms with van der Waals surface area (Å²) in [7, 11) is 0. The maximum atomic E-state index is 9.78. The standard InChI is InChI=1S/C14H25N3O/c1-4-17-11(3)13(10(2)16-17)9-15-8-12-6-5-7-14(12)18/h12,14-15,18H,4-9H2,1-3H3. The van der Waals surface area contributed by atoms with Crippen molar-refractivity contribution in [2.24, 2.45) is 5.92 Å². The van der Waals surface area contributed by atoms with Gasteiger partial charge >= 0.3 is 0 Å². The minimum Gasteiger partial charge on any atom is -0.393 e. The van der Waals surface area contributed by atoms with Crippen LogP contribution in [0, 0.1) is 19.8 Å². The minimum absolute atomic E-state index is 0.0990. The molecule has 18 heavy (non-hydrogen) atoms. The molecule has 2 rings (SSSR count). The van der Waals surface area contributed by atoms with Crippen molar-refractivity contribution in [3.63, 3.8) is 0 Å². The molecule has 1 aromatic heterocycles. The summed E-state index contributed by atoms with van der Waals surface area (Å²) in [4.78, 5) is 0. The van der Waals surface area contributed by atoms with Crippen molar-refractivity contribution in [1.82, 2.24) is 15.1 Å². The summed E-state index contributed by atoms with van der Waals surface area (Å²) in [5.74, 6) is 0.437. The van der Waals surface area contributed by atoms with Crippen molar-refractivity contribution in [3.05, 3.63) is 17.0 Å². The monoisotopic (exact) mass is 251 g/mol. The number of aromatic nitrogens is 2. The molecular formula is C14H25N3O. The van der Waals surface area contributed by atoms with E-state index in [0.717, 1.165) is 38.2 Å². The normalized spacial score (nSPS) is 23.8. The Bertz CT molecular complexity index is 400. The quantitative estimate of drug-likeness (QED) is 0.838. The number of aliphatic hydroxyl groups excluding tert-OH is 1. The number of aliphatic hydroxyl groups is 1. The maximum Gasteiger partial charge on any atom is 0.0641 e. The molecule has 2 N–H and O–H groups in total. The molecule has 0 amide bonds. The highest BCUT2D eigenvalue weighted by Gasteiger charge is 2.24. The van der Waals surface area contributed by atoms with E-state index in [1.54, 1.807) is 0 Å². The van der Waals surface area contributed by atoms with Gasteiger partial charge in [0.1, 0.15) is 0 Å². The number of nitrogens with zero attached hydrogens (tertiary/aromatic N) is 2. The van der Waals surface area contributed by atoms with Crippen molar-refractivity contribution < 1.29 is 5.11 Å². The van der Waals surface area contributed by atoms with Gasteiger partial charge in [-0.05, 0) is 39.5 Å². The molecule has 0 saturated heterocycles. The molecule has 2 unspecified atom stereocenters. The molecule has 4 heteroatoms. The molecule has 2 atom stereocenters. The highest BCUT2D eigenvalue weighted by atomic mass is 16.3. The molecule has 102 valence electrons. The second-order valence-electron chi connectivity index (χ2n) is 5.35. The molecule has 1 aliphatic rings. The average Bonchev–Trinajstić information content (AvgIpc) is 2.87. The van der Waals surface area contributed by atoms with Crippen LogP contribution < -0.4 is 5.32 Å². The lowest BCUT2D eigenvalue weighted by atomic mass is 10.1. The Balaban J connectivity index is 1.88. The second-order valence-corrected chi connectivity index (χ2v) is 5.35. The Hall–Kier alpha value is -0.870. The highest BCUT2D eigenvalue weighted by Crippen LogP contribution is 2.24. The van der Waals surface area contributed by atoms with E-state index in [0.29, 0.717) is 5.92 Å². The number of rotatable bonds is 5. The molecule has 1 fully saturated rings. The van der Waals surface area contributed by atoms with Crippen LogP contribution in [0.4, 0.5) is 0 Å². The van der Waals surface area contributed by atoms with E-state index in [2.05, 4.69) is 35.9 Å². The Kier molecular flexibility index (Phi) is 4.40. The molecule has 1 heterocycles. The van der Waals surface area contributed by atoms with Crippen molar-refractivity contribution >= 4 is 0 Å². The van der Waals surface area contributed by atoms with Gasteiger partial charge in [0, 0.05) is 30.9 Å². The van der Waals surface area contributed by atoms with E-state index >= 15 is 0 Å². The van der Waals surface area contributed by atoms with Gasteiger partial charge in [-0.15, -0.1) is 0 Å². The van der Waals surface area contributed by atoms with E-state index in [9.17, 15) is 5.11 Å². The summed E-state index contributed by atoms with van der Waals surface area (Å²) in [5, 5.41) is 17.8. The fourth-order valence-corrected chi connectivity index (χ4v) is 2.94. The smallest absolute Gasteiger partial charge is 0.0641 e. The van der Waals surface area contributed by atoms with Gasteiger partial charge in [0.15, 0.2) is 0 Å². The van der Waals surface area contributed by atoms with E-state index in [1.165, 1.54) is 17.7 Å². The molecule has 0 radical (unpaired) electrons.